The second kappa shape index (κ2) is 14.4. The second-order valence-electron chi connectivity index (χ2n) is 14.1. The third-order valence-corrected chi connectivity index (χ3v) is 10.5. The van der Waals surface area contributed by atoms with E-state index in [2.05, 4.69) is 222 Å². The minimum absolute atomic E-state index is 0.905. The Balaban J connectivity index is 0.902. The van der Waals surface area contributed by atoms with Gasteiger partial charge in [0.25, 0.3) is 0 Å². The highest BCUT2D eigenvalue weighted by molar-refractivity contribution is 6.00. The fourth-order valence-corrected chi connectivity index (χ4v) is 7.76. The number of anilines is 3. The number of hydrogen-bond donors (Lipinski definition) is 0. The quantitative estimate of drug-likeness (QED) is 0.146. The van der Waals surface area contributed by atoms with E-state index in [-0.39, 0.29) is 0 Å². The maximum absolute atomic E-state index is 4.95. The number of rotatable bonds is 8. The number of para-hydroxylation sites is 4. The summed E-state index contributed by atoms with van der Waals surface area (Å²) < 4.78 is 2.21. The first-order valence-corrected chi connectivity index (χ1v) is 19.0. The van der Waals surface area contributed by atoms with Gasteiger partial charge in [-0.3, -0.25) is 4.57 Å². The highest BCUT2D eigenvalue weighted by Gasteiger charge is 2.15. The normalized spacial score (nSPS) is 11.8. The maximum Gasteiger partial charge on any atom is 0.138 e. The number of aromatic nitrogens is 2. The molecule has 3 nitrogen and oxygen atoms in total. The molecule has 0 aliphatic rings. The van der Waals surface area contributed by atoms with Crippen molar-refractivity contribution in [1.29, 1.82) is 0 Å². The molecular weight excluding hydrogens is 679 g/mol. The molecule has 1 heterocycles. The summed E-state index contributed by atoms with van der Waals surface area (Å²) in [5.41, 5.74) is 10.1. The predicted molar refractivity (Wildman–Crippen MR) is 239 cm³/mol. The van der Waals surface area contributed by atoms with Crippen LogP contribution >= 0.6 is 0 Å². The van der Waals surface area contributed by atoms with Crippen molar-refractivity contribution in [2.45, 2.75) is 0 Å². The largest absolute Gasteiger partial charge is 0.310 e. The standard InChI is InChI=1S/C53H37N3/c1-3-14-46(15-4-1)55(51-21-11-13-41-12-7-8-18-49(41)51)48-32-31-44-35-39(26-30-45(44)37-48)23-22-38-24-28-43-36-40(25-29-42(43)34-38)27-33-53-54-50-19-9-10-20-52(50)56(53)47-16-5-2-6-17-47/h1-37H. The monoisotopic (exact) mass is 715 g/mol. The number of benzene rings is 9. The second-order valence-corrected chi connectivity index (χ2v) is 14.1. The van der Waals surface area contributed by atoms with Crippen LogP contribution in [-0.2, 0) is 0 Å². The molecule has 0 N–H and O–H groups in total. The third kappa shape index (κ3) is 6.42. The molecule has 0 aliphatic carbocycles. The van der Waals surface area contributed by atoms with Crippen LogP contribution in [0.3, 0.4) is 0 Å². The Morgan fingerprint density at radius 3 is 1.66 bits per heavy atom. The van der Waals surface area contributed by atoms with E-state index in [4.69, 9.17) is 4.98 Å². The molecule has 0 saturated carbocycles. The summed E-state index contributed by atoms with van der Waals surface area (Å²) in [4.78, 5) is 7.31. The number of hydrogen-bond acceptors (Lipinski definition) is 2. The van der Waals surface area contributed by atoms with Crippen molar-refractivity contribution < 1.29 is 0 Å². The van der Waals surface area contributed by atoms with Crippen molar-refractivity contribution in [1.82, 2.24) is 9.55 Å². The zero-order valence-corrected chi connectivity index (χ0v) is 30.7. The molecule has 0 fully saturated rings. The first kappa shape index (κ1) is 33.1. The van der Waals surface area contributed by atoms with Gasteiger partial charge in [0.2, 0.25) is 0 Å². The van der Waals surface area contributed by atoms with Gasteiger partial charge < -0.3 is 4.90 Å². The van der Waals surface area contributed by atoms with Gasteiger partial charge in [-0.15, -0.1) is 0 Å². The van der Waals surface area contributed by atoms with Gasteiger partial charge in [-0.1, -0.05) is 146 Å². The van der Waals surface area contributed by atoms with E-state index in [1.54, 1.807) is 0 Å². The van der Waals surface area contributed by atoms with Crippen LogP contribution in [0, 0.1) is 0 Å². The van der Waals surface area contributed by atoms with E-state index < -0.39 is 0 Å². The van der Waals surface area contributed by atoms with Crippen molar-refractivity contribution in [2.75, 3.05) is 4.90 Å². The molecule has 3 heteroatoms. The van der Waals surface area contributed by atoms with E-state index in [1.807, 2.05) is 12.1 Å². The van der Waals surface area contributed by atoms with Crippen LogP contribution in [0.15, 0.2) is 200 Å². The lowest BCUT2D eigenvalue weighted by atomic mass is 10.0. The molecule has 56 heavy (non-hydrogen) atoms. The molecule has 9 aromatic carbocycles. The Labute approximate surface area is 326 Å². The molecule has 0 saturated heterocycles. The van der Waals surface area contributed by atoms with E-state index in [1.165, 1.54) is 43.4 Å². The minimum Gasteiger partial charge on any atom is -0.310 e. The van der Waals surface area contributed by atoms with Crippen LogP contribution < -0.4 is 4.90 Å². The van der Waals surface area contributed by atoms with Crippen LogP contribution in [-0.4, -0.2) is 9.55 Å². The topological polar surface area (TPSA) is 21.1 Å². The summed E-state index contributed by atoms with van der Waals surface area (Å²) in [6, 6.07) is 71.2. The summed E-state index contributed by atoms with van der Waals surface area (Å²) in [7, 11) is 0. The Morgan fingerprint density at radius 2 is 0.946 bits per heavy atom. The van der Waals surface area contributed by atoms with Crippen LogP contribution in [0.25, 0.3) is 73.3 Å². The van der Waals surface area contributed by atoms with Crippen LogP contribution in [0.4, 0.5) is 17.1 Å². The predicted octanol–water partition coefficient (Wildman–Crippen LogP) is 14.3. The summed E-state index contributed by atoms with van der Waals surface area (Å²) in [6.07, 6.45) is 8.67. The smallest absolute Gasteiger partial charge is 0.138 e. The molecule has 0 bridgehead atoms. The van der Waals surface area contributed by atoms with Crippen molar-refractivity contribution in [3.63, 3.8) is 0 Å². The van der Waals surface area contributed by atoms with Gasteiger partial charge >= 0.3 is 0 Å². The number of nitrogens with zero attached hydrogens (tertiary/aromatic N) is 3. The lowest BCUT2D eigenvalue weighted by Crippen LogP contribution is -2.10. The van der Waals surface area contributed by atoms with Crippen molar-refractivity contribution in [3.8, 4) is 5.69 Å². The van der Waals surface area contributed by atoms with E-state index in [0.29, 0.717) is 0 Å². The SMILES string of the molecule is C(=Cc1ccc2cc(N(c3ccccc3)c3cccc4ccccc34)ccc2c1)c1ccc2cc(C=Cc3nc4ccccc4n3-c3ccccc3)ccc2c1. The van der Waals surface area contributed by atoms with Crippen molar-refractivity contribution in [2.24, 2.45) is 0 Å². The van der Waals surface area contributed by atoms with Crippen LogP contribution in [0.1, 0.15) is 22.5 Å². The lowest BCUT2D eigenvalue weighted by Gasteiger charge is -2.27. The molecule has 1 aromatic heterocycles. The van der Waals surface area contributed by atoms with E-state index in [9.17, 15) is 0 Å². The van der Waals surface area contributed by atoms with Crippen LogP contribution in [0.5, 0.6) is 0 Å². The van der Waals surface area contributed by atoms with Crippen molar-refractivity contribution in [3.05, 3.63) is 223 Å². The van der Waals surface area contributed by atoms with Gasteiger partial charge in [0.05, 0.1) is 16.7 Å². The fraction of sp³-hybridized carbons (Fsp3) is 0. The average molecular weight is 716 g/mol. The Hall–Kier alpha value is -7.49. The maximum atomic E-state index is 4.95. The number of fused-ring (bicyclic) bond motifs is 4. The molecule has 264 valence electrons. The summed E-state index contributed by atoms with van der Waals surface area (Å²) in [5, 5.41) is 7.28. The molecule has 0 unspecified atom stereocenters. The Bertz CT molecular complexity index is 3080. The van der Waals surface area contributed by atoms with Crippen molar-refractivity contribution >= 4 is 84.7 Å². The summed E-state index contributed by atoms with van der Waals surface area (Å²) in [5.74, 6) is 0.905. The van der Waals surface area contributed by atoms with E-state index >= 15 is 0 Å². The molecule has 0 spiro atoms. The van der Waals surface area contributed by atoms with Crippen LogP contribution in [0.2, 0.25) is 0 Å². The first-order valence-electron chi connectivity index (χ1n) is 19.0. The van der Waals surface area contributed by atoms with Gasteiger partial charge in [0, 0.05) is 22.4 Å². The van der Waals surface area contributed by atoms with Gasteiger partial charge in [0.15, 0.2) is 0 Å². The van der Waals surface area contributed by atoms with Gasteiger partial charge in [0.1, 0.15) is 5.82 Å². The zero-order valence-electron chi connectivity index (χ0n) is 30.7. The molecule has 0 radical (unpaired) electrons. The van der Waals surface area contributed by atoms with Gasteiger partial charge in [-0.2, -0.15) is 0 Å². The molecule has 10 rings (SSSR count). The molecule has 10 aromatic rings. The Morgan fingerprint density at radius 1 is 0.393 bits per heavy atom. The minimum atomic E-state index is 0.905. The van der Waals surface area contributed by atoms with Gasteiger partial charge in [-0.05, 0) is 122 Å². The molecule has 0 atom stereocenters. The first-order chi connectivity index (χ1) is 27.7. The molecule has 0 aliphatic heterocycles. The lowest BCUT2D eigenvalue weighted by molar-refractivity contribution is 1.07. The van der Waals surface area contributed by atoms with Gasteiger partial charge in [-0.25, -0.2) is 4.98 Å². The molecular formula is C53H37N3. The van der Waals surface area contributed by atoms with E-state index in [0.717, 1.165) is 45.2 Å². The average Bonchev–Trinajstić information content (AvgIpc) is 3.64. The highest BCUT2D eigenvalue weighted by Crippen LogP contribution is 2.40. The Kier molecular flexibility index (Phi) is 8.51. The summed E-state index contributed by atoms with van der Waals surface area (Å²) in [6.45, 7) is 0. The highest BCUT2D eigenvalue weighted by atomic mass is 15.1. The summed E-state index contributed by atoms with van der Waals surface area (Å²) >= 11 is 0. The third-order valence-electron chi connectivity index (χ3n) is 10.5. The zero-order chi connectivity index (χ0) is 37.3. The fourth-order valence-electron chi connectivity index (χ4n) is 7.76. The number of imidazole rings is 1. The molecule has 0 amide bonds.